The predicted octanol–water partition coefficient (Wildman–Crippen LogP) is 4.10. The Hall–Kier alpha value is -0.630. The molecule has 0 aromatic heterocycles. The number of carbonyl (C=O) groups is 1. The summed E-state index contributed by atoms with van der Waals surface area (Å²) in [6, 6.07) is 8.36. The SMILES string of the molecule is CCC(=O)C(Br)Cc1ccccc1C(C)C. The first-order valence-corrected chi connectivity index (χ1v) is 6.72. The first kappa shape index (κ1) is 13.4. The molecule has 0 aliphatic carbocycles. The summed E-state index contributed by atoms with van der Waals surface area (Å²) in [4.78, 5) is 11.5. The molecule has 0 spiro atoms. The second-order valence-electron chi connectivity index (χ2n) is 4.35. The number of benzene rings is 1. The van der Waals surface area contributed by atoms with Gasteiger partial charge in [-0.3, -0.25) is 4.79 Å². The van der Waals surface area contributed by atoms with Gasteiger partial charge in [-0.2, -0.15) is 0 Å². The Balaban J connectivity index is 2.84. The Kier molecular flexibility index (Phi) is 5.20. The Morgan fingerprint density at radius 2 is 1.94 bits per heavy atom. The normalized spacial score (nSPS) is 12.8. The van der Waals surface area contributed by atoms with Crippen molar-refractivity contribution in [1.29, 1.82) is 0 Å². The molecule has 0 heterocycles. The van der Waals surface area contributed by atoms with Crippen LogP contribution in [0.1, 0.15) is 44.2 Å². The molecule has 88 valence electrons. The Bertz CT molecular complexity index is 358. The van der Waals surface area contributed by atoms with Crippen molar-refractivity contribution in [1.82, 2.24) is 0 Å². The summed E-state index contributed by atoms with van der Waals surface area (Å²) >= 11 is 3.47. The van der Waals surface area contributed by atoms with Crippen LogP contribution in [-0.2, 0) is 11.2 Å². The molecule has 0 amide bonds. The molecule has 0 radical (unpaired) electrons. The molecule has 0 bridgehead atoms. The Morgan fingerprint density at radius 1 is 1.31 bits per heavy atom. The zero-order valence-electron chi connectivity index (χ0n) is 10.2. The second-order valence-corrected chi connectivity index (χ2v) is 5.45. The zero-order valence-corrected chi connectivity index (χ0v) is 11.8. The van der Waals surface area contributed by atoms with Crippen LogP contribution in [0.15, 0.2) is 24.3 Å². The van der Waals surface area contributed by atoms with Gasteiger partial charge in [0.25, 0.3) is 0 Å². The molecule has 0 aliphatic rings. The third kappa shape index (κ3) is 3.44. The molecule has 1 atom stereocenters. The molecular formula is C14H19BrO. The van der Waals surface area contributed by atoms with Crippen LogP contribution in [0.3, 0.4) is 0 Å². The highest BCUT2D eigenvalue weighted by atomic mass is 79.9. The molecule has 1 aromatic carbocycles. The van der Waals surface area contributed by atoms with Gasteiger partial charge in [-0.1, -0.05) is 61.0 Å². The molecule has 0 fully saturated rings. The van der Waals surface area contributed by atoms with Gasteiger partial charge in [-0.05, 0) is 23.5 Å². The number of ketones is 1. The van der Waals surface area contributed by atoms with E-state index in [4.69, 9.17) is 0 Å². The molecule has 1 aromatic rings. The lowest BCUT2D eigenvalue weighted by Gasteiger charge is -2.14. The number of hydrogen-bond acceptors (Lipinski definition) is 1. The maximum atomic E-state index is 11.6. The van der Waals surface area contributed by atoms with Crippen LogP contribution in [0.4, 0.5) is 0 Å². The molecule has 2 heteroatoms. The first-order chi connectivity index (χ1) is 7.56. The van der Waals surface area contributed by atoms with E-state index in [0.29, 0.717) is 12.3 Å². The van der Waals surface area contributed by atoms with Crippen LogP contribution < -0.4 is 0 Å². The van der Waals surface area contributed by atoms with Crippen LogP contribution in [-0.4, -0.2) is 10.6 Å². The maximum Gasteiger partial charge on any atom is 0.146 e. The molecule has 1 unspecified atom stereocenters. The average molecular weight is 283 g/mol. The fraction of sp³-hybridized carbons (Fsp3) is 0.500. The minimum absolute atomic E-state index is 0.0441. The van der Waals surface area contributed by atoms with Crippen molar-refractivity contribution in [2.45, 2.75) is 44.4 Å². The van der Waals surface area contributed by atoms with Gasteiger partial charge in [0.05, 0.1) is 4.83 Å². The number of hydrogen-bond donors (Lipinski definition) is 0. The Morgan fingerprint density at radius 3 is 2.50 bits per heavy atom. The number of halogens is 1. The predicted molar refractivity (Wildman–Crippen MR) is 72.2 cm³/mol. The molecule has 16 heavy (non-hydrogen) atoms. The van der Waals surface area contributed by atoms with Gasteiger partial charge in [0.15, 0.2) is 0 Å². The number of Topliss-reactive ketones (excluding diaryl/α,β-unsaturated/α-hetero) is 1. The molecule has 0 aliphatic heterocycles. The van der Waals surface area contributed by atoms with Gasteiger partial charge >= 0.3 is 0 Å². The zero-order chi connectivity index (χ0) is 12.1. The van der Waals surface area contributed by atoms with Gasteiger partial charge in [-0.15, -0.1) is 0 Å². The maximum absolute atomic E-state index is 11.6. The van der Waals surface area contributed by atoms with Crippen molar-refractivity contribution < 1.29 is 4.79 Å². The van der Waals surface area contributed by atoms with Gasteiger partial charge in [-0.25, -0.2) is 0 Å². The lowest BCUT2D eigenvalue weighted by Crippen LogP contribution is -2.16. The minimum atomic E-state index is -0.0441. The number of carbonyl (C=O) groups excluding carboxylic acids is 1. The first-order valence-electron chi connectivity index (χ1n) is 5.80. The van der Waals surface area contributed by atoms with E-state index < -0.39 is 0 Å². The fourth-order valence-electron chi connectivity index (χ4n) is 1.81. The summed E-state index contributed by atoms with van der Waals surface area (Å²) < 4.78 is 0. The van der Waals surface area contributed by atoms with Crippen LogP contribution in [0.5, 0.6) is 0 Å². The van der Waals surface area contributed by atoms with Gasteiger partial charge in [0.2, 0.25) is 0 Å². The number of rotatable bonds is 5. The summed E-state index contributed by atoms with van der Waals surface area (Å²) in [7, 11) is 0. The van der Waals surface area contributed by atoms with Crippen molar-refractivity contribution in [2.75, 3.05) is 0 Å². The van der Waals surface area contributed by atoms with E-state index in [0.717, 1.165) is 6.42 Å². The summed E-state index contributed by atoms with van der Waals surface area (Å²) in [5.41, 5.74) is 2.62. The largest absolute Gasteiger partial charge is 0.298 e. The van der Waals surface area contributed by atoms with Crippen molar-refractivity contribution in [2.24, 2.45) is 0 Å². The lowest BCUT2D eigenvalue weighted by atomic mass is 9.94. The van der Waals surface area contributed by atoms with Crippen LogP contribution in [0, 0.1) is 0 Å². The summed E-state index contributed by atoms with van der Waals surface area (Å²) in [5.74, 6) is 0.784. The quantitative estimate of drug-likeness (QED) is 0.744. The topological polar surface area (TPSA) is 17.1 Å². The van der Waals surface area contributed by atoms with E-state index in [9.17, 15) is 4.79 Å². The van der Waals surface area contributed by atoms with Gasteiger partial charge in [0.1, 0.15) is 5.78 Å². The molecule has 1 rings (SSSR count). The fourth-order valence-corrected chi connectivity index (χ4v) is 2.48. The second kappa shape index (κ2) is 6.19. The van der Waals surface area contributed by atoms with Crippen molar-refractivity contribution >= 4 is 21.7 Å². The average Bonchev–Trinajstić information content (AvgIpc) is 2.28. The molecule has 1 nitrogen and oxygen atoms in total. The van der Waals surface area contributed by atoms with Gasteiger partial charge < -0.3 is 0 Å². The molecule has 0 N–H and O–H groups in total. The van der Waals surface area contributed by atoms with Crippen molar-refractivity contribution in [3.63, 3.8) is 0 Å². The van der Waals surface area contributed by atoms with Crippen LogP contribution >= 0.6 is 15.9 Å². The molecule has 0 saturated heterocycles. The summed E-state index contributed by atoms with van der Waals surface area (Å²) in [6.07, 6.45) is 1.39. The van der Waals surface area contributed by atoms with E-state index in [1.807, 2.05) is 13.0 Å². The van der Waals surface area contributed by atoms with E-state index in [1.54, 1.807) is 0 Å². The van der Waals surface area contributed by atoms with E-state index in [2.05, 4.69) is 48.0 Å². The minimum Gasteiger partial charge on any atom is -0.298 e. The highest BCUT2D eigenvalue weighted by Crippen LogP contribution is 2.22. The lowest BCUT2D eigenvalue weighted by molar-refractivity contribution is -0.118. The standard InChI is InChI=1S/C14H19BrO/c1-4-14(16)13(15)9-11-7-5-6-8-12(11)10(2)3/h5-8,10,13H,4,9H2,1-3H3. The Labute approximate surface area is 106 Å². The third-order valence-corrected chi connectivity index (χ3v) is 3.61. The van der Waals surface area contributed by atoms with Crippen LogP contribution in [0.25, 0.3) is 0 Å². The highest BCUT2D eigenvalue weighted by Gasteiger charge is 2.15. The van der Waals surface area contributed by atoms with Crippen LogP contribution in [0.2, 0.25) is 0 Å². The van der Waals surface area contributed by atoms with E-state index >= 15 is 0 Å². The van der Waals surface area contributed by atoms with Crippen molar-refractivity contribution in [3.05, 3.63) is 35.4 Å². The smallest absolute Gasteiger partial charge is 0.146 e. The highest BCUT2D eigenvalue weighted by molar-refractivity contribution is 9.10. The van der Waals surface area contributed by atoms with E-state index in [-0.39, 0.29) is 10.6 Å². The molecule has 0 saturated carbocycles. The van der Waals surface area contributed by atoms with E-state index in [1.165, 1.54) is 11.1 Å². The third-order valence-electron chi connectivity index (χ3n) is 2.77. The summed E-state index contributed by atoms with van der Waals surface area (Å²) in [5, 5.41) is 0. The summed E-state index contributed by atoms with van der Waals surface area (Å²) in [6.45, 7) is 6.28. The van der Waals surface area contributed by atoms with Gasteiger partial charge in [0, 0.05) is 6.42 Å². The molecular weight excluding hydrogens is 264 g/mol. The number of alkyl halides is 1. The monoisotopic (exact) mass is 282 g/mol. The van der Waals surface area contributed by atoms with Crippen molar-refractivity contribution in [3.8, 4) is 0 Å².